The summed E-state index contributed by atoms with van der Waals surface area (Å²) in [6.07, 6.45) is 3.59. The highest BCUT2D eigenvalue weighted by Gasteiger charge is 2.01. The zero-order valence-corrected chi connectivity index (χ0v) is 8.91. The van der Waals surface area contributed by atoms with E-state index in [4.69, 9.17) is 4.74 Å². The lowest BCUT2D eigenvalue weighted by Crippen LogP contribution is -2.08. The highest BCUT2D eigenvalue weighted by Crippen LogP contribution is 2.09. The van der Waals surface area contributed by atoms with Crippen molar-refractivity contribution in [2.75, 3.05) is 11.9 Å². The number of ether oxygens (including phenoxy) is 1. The predicted octanol–water partition coefficient (Wildman–Crippen LogP) is 1.83. The molecule has 0 aliphatic heterocycles. The lowest BCUT2D eigenvalue weighted by molar-refractivity contribution is 0.274. The number of halogens is 1. The summed E-state index contributed by atoms with van der Waals surface area (Å²) in [6, 6.07) is 0. The summed E-state index contributed by atoms with van der Waals surface area (Å²) in [5.74, 6) is 1.37. The summed E-state index contributed by atoms with van der Waals surface area (Å²) in [7, 11) is 1.88. The molecule has 1 aromatic rings. The Bertz CT molecular complexity index is 237. The van der Waals surface area contributed by atoms with Gasteiger partial charge in [0.25, 0.3) is 0 Å². The van der Waals surface area contributed by atoms with Gasteiger partial charge in [0.1, 0.15) is 0 Å². The highest BCUT2D eigenvalue weighted by atomic mass is 79.9. The third-order valence-corrected chi connectivity index (χ3v) is 2.58. The largest absolute Gasteiger partial charge is 0.490 e. The second-order valence-corrected chi connectivity index (χ2v) is 3.57. The molecular weight excluding hydrogens is 220 g/mol. The van der Waals surface area contributed by atoms with Gasteiger partial charge < -0.3 is 4.74 Å². The van der Waals surface area contributed by atoms with Crippen molar-refractivity contribution in [3.05, 3.63) is 12.4 Å². The molecular formula is C8H13BrN2O. The van der Waals surface area contributed by atoms with Gasteiger partial charge in [0.15, 0.2) is 5.75 Å². The van der Waals surface area contributed by atoms with Crippen LogP contribution in [0.5, 0.6) is 5.75 Å². The third-order valence-electron chi connectivity index (χ3n) is 1.48. The highest BCUT2D eigenvalue weighted by molar-refractivity contribution is 9.09. The first-order chi connectivity index (χ1) is 5.72. The van der Waals surface area contributed by atoms with Gasteiger partial charge in [-0.05, 0) is 5.92 Å². The maximum Gasteiger partial charge on any atom is 0.157 e. The summed E-state index contributed by atoms with van der Waals surface area (Å²) in [5.41, 5.74) is 0. The minimum Gasteiger partial charge on any atom is -0.490 e. The van der Waals surface area contributed by atoms with Crippen LogP contribution in [-0.4, -0.2) is 21.7 Å². The molecule has 0 bridgehead atoms. The number of hydrogen-bond acceptors (Lipinski definition) is 2. The fourth-order valence-electron chi connectivity index (χ4n) is 0.756. The molecule has 0 aliphatic carbocycles. The Morgan fingerprint density at radius 3 is 3.00 bits per heavy atom. The Labute approximate surface area is 80.8 Å². The summed E-state index contributed by atoms with van der Waals surface area (Å²) < 4.78 is 7.20. The average molecular weight is 233 g/mol. The number of hydrogen-bond donors (Lipinski definition) is 0. The third kappa shape index (κ3) is 2.85. The Morgan fingerprint density at radius 1 is 1.75 bits per heavy atom. The van der Waals surface area contributed by atoms with Gasteiger partial charge in [-0.15, -0.1) is 0 Å². The van der Waals surface area contributed by atoms with Crippen molar-refractivity contribution in [1.29, 1.82) is 0 Å². The van der Waals surface area contributed by atoms with E-state index in [2.05, 4.69) is 28.0 Å². The van der Waals surface area contributed by atoms with E-state index >= 15 is 0 Å². The lowest BCUT2D eigenvalue weighted by Gasteiger charge is -2.07. The zero-order chi connectivity index (χ0) is 8.97. The van der Waals surface area contributed by atoms with E-state index in [1.54, 1.807) is 10.9 Å². The van der Waals surface area contributed by atoms with E-state index in [0.717, 1.165) is 17.7 Å². The summed E-state index contributed by atoms with van der Waals surface area (Å²) in [6.45, 7) is 2.86. The molecule has 0 radical (unpaired) electrons. The molecule has 0 fully saturated rings. The molecule has 0 saturated heterocycles. The molecule has 68 valence electrons. The molecule has 0 amide bonds. The number of rotatable bonds is 4. The van der Waals surface area contributed by atoms with E-state index in [0.29, 0.717) is 5.92 Å². The van der Waals surface area contributed by atoms with Crippen molar-refractivity contribution >= 4 is 15.9 Å². The molecule has 12 heavy (non-hydrogen) atoms. The van der Waals surface area contributed by atoms with Crippen LogP contribution in [0.25, 0.3) is 0 Å². The predicted molar refractivity (Wildman–Crippen MR) is 51.7 cm³/mol. The first-order valence-corrected chi connectivity index (χ1v) is 5.02. The topological polar surface area (TPSA) is 27.1 Å². The Hall–Kier alpha value is -0.510. The molecule has 1 unspecified atom stereocenters. The van der Waals surface area contributed by atoms with Crippen molar-refractivity contribution in [2.24, 2.45) is 13.0 Å². The molecule has 1 atom stereocenters. The monoisotopic (exact) mass is 232 g/mol. The van der Waals surface area contributed by atoms with Gasteiger partial charge >= 0.3 is 0 Å². The van der Waals surface area contributed by atoms with Crippen LogP contribution in [-0.2, 0) is 7.05 Å². The quantitative estimate of drug-likeness (QED) is 0.742. The second kappa shape index (κ2) is 4.50. The van der Waals surface area contributed by atoms with Crippen molar-refractivity contribution in [2.45, 2.75) is 6.92 Å². The van der Waals surface area contributed by atoms with Crippen molar-refractivity contribution in [1.82, 2.24) is 9.78 Å². The number of aryl methyl sites for hydroxylation is 1. The molecule has 0 aliphatic rings. The van der Waals surface area contributed by atoms with E-state index in [9.17, 15) is 0 Å². The van der Waals surface area contributed by atoms with Gasteiger partial charge in [0, 0.05) is 12.4 Å². The number of aromatic nitrogens is 2. The van der Waals surface area contributed by atoms with Crippen LogP contribution in [0.2, 0.25) is 0 Å². The summed E-state index contributed by atoms with van der Waals surface area (Å²) >= 11 is 3.39. The van der Waals surface area contributed by atoms with Gasteiger partial charge in [-0.3, -0.25) is 4.68 Å². The van der Waals surface area contributed by atoms with Crippen LogP contribution in [0.15, 0.2) is 12.4 Å². The van der Waals surface area contributed by atoms with Crippen LogP contribution in [0.3, 0.4) is 0 Å². The normalized spacial score (nSPS) is 12.9. The first-order valence-electron chi connectivity index (χ1n) is 3.89. The van der Waals surface area contributed by atoms with Crippen LogP contribution < -0.4 is 4.74 Å². The van der Waals surface area contributed by atoms with Crippen molar-refractivity contribution in [3.63, 3.8) is 0 Å². The molecule has 0 aromatic carbocycles. The lowest BCUT2D eigenvalue weighted by atomic mass is 10.2. The SMILES string of the molecule is CC(CBr)COc1cnn(C)c1. The van der Waals surface area contributed by atoms with Crippen LogP contribution in [0.4, 0.5) is 0 Å². The van der Waals surface area contributed by atoms with Crippen molar-refractivity contribution < 1.29 is 4.74 Å². The Balaban J connectivity index is 2.33. The van der Waals surface area contributed by atoms with Crippen LogP contribution in [0, 0.1) is 5.92 Å². The molecule has 1 aromatic heterocycles. The van der Waals surface area contributed by atoms with Gasteiger partial charge in [-0.2, -0.15) is 5.10 Å². The molecule has 4 heteroatoms. The fourth-order valence-corrected chi connectivity index (χ4v) is 0.943. The molecule has 0 spiro atoms. The minimum atomic E-state index is 0.533. The standard InChI is InChI=1S/C8H13BrN2O/c1-7(3-9)6-12-8-4-10-11(2)5-8/h4-5,7H,3,6H2,1-2H3. The van der Waals surface area contributed by atoms with Gasteiger partial charge in [0.2, 0.25) is 0 Å². The summed E-state index contributed by atoms with van der Waals surface area (Å²) in [4.78, 5) is 0. The maximum atomic E-state index is 5.47. The minimum absolute atomic E-state index is 0.533. The number of alkyl halides is 1. The van der Waals surface area contributed by atoms with E-state index in [-0.39, 0.29) is 0 Å². The Kier molecular flexibility index (Phi) is 3.59. The molecule has 0 N–H and O–H groups in total. The van der Waals surface area contributed by atoms with Crippen LogP contribution >= 0.6 is 15.9 Å². The molecule has 0 saturated carbocycles. The van der Waals surface area contributed by atoms with Gasteiger partial charge in [-0.25, -0.2) is 0 Å². The van der Waals surface area contributed by atoms with Gasteiger partial charge in [0.05, 0.1) is 19.0 Å². The zero-order valence-electron chi connectivity index (χ0n) is 7.33. The maximum absolute atomic E-state index is 5.47. The average Bonchev–Trinajstić information content (AvgIpc) is 2.47. The number of nitrogens with zero attached hydrogens (tertiary/aromatic N) is 2. The smallest absolute Gasteiger partial charge is 0.157 e. The van der Waals surface area contributed by atoms with Crippen molar-refractivity contribution in [3.8, 4) is 5.75 Å². The molecule has 1 rings (SSSR count). The first kappa shape index (κ1) is 9.58. The Morgan fingerprint density at radius 2 is 2.50 bits per heavy atom. The van der Waals surface area contributed by atoms with Gasteiger partial charge in [-0.1, -0.05) is 22.9 Å². The summed E-state index contributed by atoms with van der Waals surface area (Å²) in [5, 5.41) is 4.97. The molecule has 3 nitrogen and oxygen atoms in total. The second-order valence-electron chi connectivity index (χ2n) is 2.92. The van der Waals surface area contributed by atoms with E-state index < -0.39 is 0 Å². The fraction of sp³-hybridized carbons (Fsp3) is 0.625. The van der Waals surface area contributed by atoms with E-state index in [1.807, 2.05) is 13.2 Å². The van der Waals surface area contributed by atoms with E-state index in [1.165, 1.54) is 0 Å². The van der Waals surface area contributed by atoms with Crippen LogP contribution in [0.1, 0.15) is 6.92 Å². The molecule has 1 heterocycles.